The Kier molecular flexibility index (Phi) is 5.73. The van der Waals surface area contributed by atoms with Crippen LogP contribution >= 0.6 is 0 Å². The van der Waals surface area contributed by atoms with Crippen LogP contribution in [0.1, 0.15) is 84.0 Å². The number of para-hydroxylation sites is 2. The summed E-state index contributed by atoms with van der Waals surface area (Å²) in [5.74, 6) is 4.51. The lowest BCUT2D eigenvalue weighted by Crippen LogP contribution is -2.76. The third-order valence-electron chi connectivity index (χ3n) is 14.7. The van der Waals surface area contributed by atoms with Crippen LogP contribution in [0.25, 0.3) is 39.0 Å². The molecule has 59 heavy (non-hydrogen) atoms. The zero-order valence-electron chi connectivity index (χ0n) is 33.4. The fourth-order valence-corrected chi connectivity index (χ4v) is 11.9. The molecule has 3 atom stereocenters. The molecule has 5 aliphatic rings. The van der Waals surface area contributed by atoms with Crippen LogP contribution in [0.2, 0.25) is 0 Å². The van der Waals surface area contributed by atoms with Crippen LogP contribution in [0.4, 0.5) is 17.2 Å². The van der Waals surface area contributed by atoms with E-state index >= 15 is 0 Å². The van der Waals surface area contributed by atoms with E-state index in [0.29, 0.717) is 0 Å². The van der Waals surface area contributed by atoms with E-state index in [1.807, 2.05) is 0 Å². The van der Waals surface area contributed by atoms with Gasteiger partial charge in [-0.1, -0.05) is 125 Å². The van der Waals surface area contributed by atoms with Crippen molar-refractivity contribution in [3.63, 3.8) is 0 Å². The van der Waals surface area contributed by atoms with E-state index < -0.39 is 5.66 Å². The fourth-order valence-electron chi connectivity index (χ4n) is 11.9. The summed E-state index contributed by atoms with van der Waals surface area (Å²) in [7, 11) is 0. The van der Waals surface area contributed by atoms with Gasteiger partial charge in [-0.2, -0.15) is 18.6 Å². The molecule has 0 fully saturated rings. The lowest BCUT2D eigenvalue weighted by Gasteiger charge is -2.46. The minimum Gasteiger partial charge on any atom is -0.456 e. The second-order valence-corrected chi connectivity index (χ2v) is 17.8. The van der Waals surface area contributed by atoms with Crippen LogP contribution in [0.15, 0.2) is 158 Å². The first-order valence-electron chi connectivity index (χ1n) is 21.0. The summed E-state index contributed by atoms with van der Waals surface area (Å²) >= 11 is 0. The Morgan fingerprint density at radius 2 is 1.12 bits per heavy atom. The van der Waals surface area contributed by atoms with Crippen molar-refractivity contribution < 1.29 is 13.9 Å². The molecule has 3 unspecified atom stereocenters. The second kappa shape index (κ2) is 10.5. The van der Waals surface area contributed by atoms with Crippen LogP contribution in [0.5, 0.6) is 11.5 Å². The van der Waals surface area contributed by atoms with Gasteiger partial charge in [-0.15, -0.1) is 0 Å². The topological polar surface area (TPSA) is 25.2 Å². The maximum absolute atomic E-state index is 7.23. The predicted octanol–water partition coefficient (Wildman–Crippen LogP) is 11.8. The number of nitrogens with zero attached hydrogens (tertiary/aromatic N) is 4. The van der Waals surface area contributed by atoms with Crippen LogP contribution in [0, 0.1) is 0 Å². The molecule has 0 amide bonds. The molecule has 1 spiro atoms. The van der Waals surface area contributed by atoms with E-state index in [1.54, 1.807) is 0 Å². The summed E-state index contributed by atoms with van der Waals surface area (Å²) in [5, 5.41) is 2.50. The van der Waals surface area contributed by atoms with E-state index in [1.165, 1.54) is 101 Å². The molecule has 5 nitrogen and oxygen atoms in total. The molecule has 5 aliphatic heterocycles. The largest absolute Gasteiger partial charge is 0.456 e. The molecule has 0 saturated heterocycles. The number of anilines is 3. The van der Waals surface area contributed by atoms with Crippen molar-refractivity contribution in [1.82, 2.24) is 4.57 Å². The Morgan fingerprint density at radius 1 is 0.525 bits per heavy atom. The maximum atomic E-state index is 7.23. The van der Waals surface area contributed by atoms with Crippen LogP contribution in [-0.2, 0) is 11.1 Å². The number of ether oxygens (including phenoxy) is 1. The van der Waals surface area contributed by atoms with Gasteiger partial charge in [0.05, 0.1) is 0 Å². The zero-order valence-corrected chi connectivity index (χ0v) is 33.4. The van der Waals surface area contributed by atoms with Gasteiger partial charge >= 0.3 is 5.66 Å². The molecule has 0 radical (unpaired) electrons. The van der Waals surface area contributed by atoms with E-state index in [9.17, 15) is 0 Å². The zero-order chi connectivity index (χ0) is 39.1. The Morgan fingerprint density at radius 3 is 1.85 bits per heavy atom. The van der Waals surface area contributed by atoms with Gasteiger partial charge in [-0.05, 0) is 70.8 Å². The minimum atomic E-state index is -0.755. The smallest absolute Gasteiger partial charge is 0.323 e. The lowest BCUT2D eigenvalue weighted by molar-refractivity contribution is -0.932. The SMILES string of the molecule is CC(c1ccccc1)c1cc2[n+]3c(c1)N1c4ccccc4C(C)(C)c4ccc5c(c41)C31c3c(ccc4c6ccccc6n(c34)-c3cc(C(C)c4ccccc4)cc-2[n+]31)O5. The van der Waals surface area contributed by atoms with E-state index in [-0.39, 0.29) is 17.3 Å². The number of hydrogen-bond acceptors (Lipinski definition) is 2. The van der Waals surface area contributed by atoms with Crippen LogP contribution < -0.4 is 18.8 Å². The molecule has 0 aliphatic carbocycles. The monoisotopic (exact) mass is 760 g/mol. The Hall–Kier alpha value is -6.98. The number of hydrogen-bond donors (Lipinski definition) is 0. The highest BCUT2D eigenvalue weighted by Crippen LogP contribution is 2.64. The van der Waals surface area contributed by atoms with Crippen molar-refractivity contribution in [3.05, 3.63) is 202 Å². The number of pyridine rings is 2. The molecular formula is C54H40N4O+2. The Balaban J connectivity index is 1.22. The van der Waals surface area contributed by atoms with E-state index in [4.69, 9.17) is 4.74 Å². The van der Waals surface area contributed by atoms with Crippen molar-refractivity contribution in [1.29, 1.82) is 0 Å². The van der Waals surface area contributed by atoms with Crippen LogP contribution in [0.3, 0.4) is 0 Å². The first-order chi connectivity index (χ1) is 28.9. The predicted molar refractivity (Wildman–Crippen MR) is 233 cm³/mol. The molecule has 6 aromatic carbocycles. The molecule has 14 rings (SSSR count). The lowest BCUT2D eigenvalue weighted by atomic mass is 9.70. The molecule has 5 heteroatoms. The van der Waals surface area contributed by atoms with Gasteiger partial charge in [-0.25, -0.2) is 0 Å². The van der Waals surface area contributed by atoms with Crippen molar-refractivity contribution in [2.75, 3.05) is 4.90 Å². The standard InChI is InChI=1S/C54H40N4O/c1-31(33-15-7-5-8-16-33)35-27-43-44-28-36(32(2)34-17-9-6-10-18-34)30-48-56-42-22-14-12-20-39(42)53(3,4)40-24-26-46-50(52(40)56)54(58(44)48)49-45(59-46)25-23-38-37-19-11-13-21-41(37)55(51(38)49)47(29-35)57(43)54/h5-32H,1-4H3/q+2. The van der Waals surface area contributed by atoms with Crippen molar-refractivity contribution in [3.8, 4) is 28.7 Å². The molecule has 8 heterocycles. The first-order valence-corrected chi connectivity index (χ1v) is 21.0. The minimum absolute atomic E-state index is 0.162. The highest BCUT2D eigenvalue weighted by atomic mass is 16.5. The van der Waals surface area contributed by atoms with Crippen LogP contribution in [-0.4, -0.2) is 4.57 Å². The number of rotatable bonds is 4. The summed E-state index contributed by atoms with van der Waals surface area (Å²) in [6.07, 6.45) is 0. The summed E-state index contributed by atoms with van der Waals surface area (Å²) < 4.78 is 15.2. The van der Waals surface area contributed by atoms with E-state index in [0.717, 1.165) is 11.5 Å². The maximum Gasteiger partial charge on any atom is 0.323 e. The highest BCUT2D eigenvalue weighted by molar-refractivity contribution is 6.12. The summed E-state index contributed by atoms with van der Waals surface area (Å²) in [6.45, 7) is 9.52. The quantitative estimate of drug-likeness (QED) is 0.167. The van der Waals surface area contributed by atoms with Crippen molar-refractivity contribution >= 4 is 39.0 Å². The van der Waals surface area contributed by atoms with Gasteiger partial charge in [-0.3, -0.25) is 0 Å². The molecule has 280 valence electrons. The van der Waals surface area contributed by atoms with Gasteiger partial charge < -0.3 is 4.74 Å². The average molecular weight is 761 g/mol. The number of fused-ring (bicyclic) bond motifs is 8. The molecule has 9 aromatic rings. The normalized spacial score (nSPS) is 18.3. The molecule has 0 bridgehead atoms. The fraction of sp³-hybridized carbons (Fsp3) is 0.148. The third-order valence-corrected chi connectivity index (χ3v) is 14.7. The third kappa shape index (κ3) is 3.58. The number of benzene rings is 6. The summed E-state index contributed by atoms with van der Waals surface area (Å²) in [4.78, 5) is 2.59. The van der Waals surface area contributed by atoms with Crippen molar-refractivity contribution in [2.45, 2.75) is 50.6 Å². The van der Waals surface area contributed by atoms with Gasteiger partial charge in [0.25, 0.3) is 11.6 Å². The van der Waals surface area contributed by atoms with E-state index in [2.05, 4.69) is 204 Å². The summed E-state index contributed by atoms with van der Waals surface area (Å²) in [6, 6.07) is 59.1. The Labute approximate surface area is 342 Å². The highest BCUT2D eigenvalue weighted by Gasteiger charge is 2.71. The Bertz CT molecular complexity index is 3380. The molecular weight excluding hydrogens is 721 g/mol. The summed E-state index contributed by atoms with van der Waals surface area (Å²) in [5.41, 5.74) is 16.6. The van der Waals surface area contributed by atoms with Gasteiger partial charge in [0.15, 0.2) is 22.6 Å². The second-order valence-electron chi connectivity index (χ2n) is 17.8. The molecule has 0 N–H and O–H groups in total. The van der Waals surface area contributed by atoms with Gasteiger partial charge in [0.1, 0.15) is 33.8 Å². The average Bonchev–Trinajstić information content (AvgIpc) is 3.77. The van der Waals surface area contributed by atoms with Gasteiger partial charge in [0.2, 0.25) is 0 Å². The van der Waals surface area contributed by atoms with Crippen molar-refractivity contribution in [2.24, 2.45) is 0 Å². The number of aromatic nitrogens is 3. The van der Waals surface area contributed by atoms with Gasteiger partial charge in [0, 0.05) is 51.3 Å². The molecule has 3 aromatic heterocycles. The molecule has 0 saturated carbocycles. The first kappa shape index (κ1) is 32.0.